The van der Waals surface area contributed by atoms with E-state index in [0.717, 1.165) is 12.1 Å². The molecule has 0 amide bonds. The van der Waals surface area contributed by atoms with E-state index < -0.39 is 0 Å². The van der Waals surface area contributed by atoms with Crippen molar-refractivity contribution < 1.29 is 9.47 Å². The first kappa shape index (κ1) is 15.4. The van der Waals surface area contributed by atoms with E-state index in [2.05, 4.69) is 15.7 Å². The molecule has 106 valence electrons. The maximum atomic E-state index is 5.41. The number of guanidine groups is 1. The second-order valence-electron chi connectivity index (χ2n) is 3.82. The van der Waals surface area contributed by atoms with Crippen molar-refractivity contribution in [1.82, 2.24) is 5.43 Å². The predicted molar refractivity (Wildman–Crippen MR) is 77.0 cm³/mol. The Morgan fingerprint density at radius 1 is 1.21 bits per heavy atom. The van der Waals surface area contributed by atoms with Crippen molar-refractivity contribution in [1.29, 1.82) is 0 Å². The van der Waals surface area contributed by atoms with Crippen LogP contribution in [-0.4, -0.2) is 39.4 Å². The first-order valence-corrected chi connectivity index (χ1v) is 6.26. The van der Waals surface area contributed by atoms with Gasteiger partial charge in [0.2, 0.25) is 5.96 Å². The highest BCUT2D eigenvalue weighted by atomic mass is 16.5. The number of hydrogen-bond acceptors (Lipinski definition) is 4. The predicted octanol–water partition coefficient (Wildman–Crippen LogP) is 0.971. The summed E-state index contributed by atoms with van der Waals surface area (Å²) in [4.78, 5) is 4.31. The Bertz CT molecular complexity index is 357. The van der Waals surface area contributed by atoms with Crippen LogP contribution in [0.5, 0.6) is 0 Å². The lowest BCUT2D eigenvalue weighted by atomic mass is 10.3. The first-order valence-electron chi connectivity index (χ1n) is 6.26. The van der Waals surface area contributed by atoms with Crippen LogP contribution in [0, 0.1) is 0 Å². The molecule has 6 nitrogen and oxygen atoms in total. The minimum atomic E-state index is 0.545. The summed E-state index contributed by atoms with van der Waals surface area (Å²) in [5.74, 6) is 5.95. The maximum Gasteiger partial charge on any atom is 0.210 e. The molecule has 1 aromatic rings. The number of hydrazine groups is 1. The number of nitrogens with one attached hydrogen (secondary N) is 2. The van der Waals surface area contributed by atoms with Crippen LogP contribution in [0.3, 0.4) is 0 Å². The molecule has 0 atom stereocenters. The molecule has 0 bridgehead atoms. The topological polar surface area (TPSA) is 80.9 Å². The molecule has 4 N–H and O–H groups in total. The zero-order chi connectivity index (χ0) is 13.8. The number of nitrogens with zero attached hydrogens (tertiary/aromatic N) is 1. The van der Waals surface area contributed by atoms with Crippen LogP contribution in [0.25, 0.3) is 0 Å². The average Bonchev–Trinajstić information content (AvgIpc) is 2.46. The number of aliphatic imine (C=N–C) groups is 1. The number of para-hydroxylation sites is 1. The summed E-state index contributed by atoms with van der Waals surface area (Å²) in [5.41, 5.74) is 3.48. The normalized spacial score (nSPS) is 11.4. The van der Waals surface area contributed by atoms with Crippen molar-refractivity contribution in [3.63, 3.8) is 0 Å². The van der Waals surface area contributed by atoms with Gasteiger partial charge in [-0.2, -0.15) is 0 Å². The van der Waals surface area contributed by atoms with Gasteiger partial charge in [0.15, 0.2) is 0 Å². The smallest absolute Gasteiger partial charge is 0.210 e. The quantitative estimate of drug-likeness (QED) is 0.215. The Morgan fingerprint density at radius 2 is 2.00 bits per heavy atom. The Kier molecular flexibility index (Phi) is 8.37. The molecule has 0 fully saturated rings. The third kappa shape index (κ3) is 7.40. The van der Waals surface area contributed by atoms with E-state index in [1.807, 2.05) is 30.3 Å². The molecule has 6 heteroatoms. The van der Waals surface area contributed by atoms with Gasteiger partial charge in [-0.25, -0.2) is 5.84 Å². The molecule has 0 aliphatic heterocycles. The van der Waals surface area contributed by atoms with E-state index in [4.69, 9.17) is 15.3 Å². The number of ether oxygens (including phenoxy) is 2. The van der Waals surface area contributed by atoms with Crippen LogP contribution in [0.15, 0.2) is 35.3 Å². The van der Waals surface area contributed by atoms with Crippen LogP contribution in [0.4, 0.5) is 5.69 Å². The van der Waals surface area contributed by atoms with Gasteiger partial charge in [0, 0.05) is 25.9 Å². The van der Waals surface area contributed by atoms with Crippen molar-refractivity contribution in [2.75, 3.05) is 38.8 Å². The summed E-state index contributed by atoms with van der Waals surface area (Å²) in [7, 11) is 1.65. The molecule has 0 heterocycles. The standard InChI is InChI=1S/C13H22N4O2/c1-18-10-11-19-9-5-8-15-13(17-14)16-12-6-3-2-4-7-12/h2-4,6-7H,5,8-11,14H2,1H3,(H2,15,16,17). The van der Waals surface area contributed by atoms with Gasteiger partial charge >= 0.3 is 0 Å². The molecule has 0 saturated carbocycles. The van der Waals surface area contributed by atoms with Crippen LogP contribution in [-0.2, 0) is 9.47 Å². The summed E-state index contributed by atoms with van der Waals surface area (Å²) < 4.78 is 10.2. The largest absolute Gasteiger partial charge is 0.382 e. The summed E-state index contributed by atoms with van der Waals surface area (Å²) >= 11 is 0. The zero-order valence-electron chi connectivity index (χ0n) is 11.3. The van der Waals surface area contributed by atoms with Gasteiger partial charge in [-0.1, -0.05) is 18.2 Å². The minimum Gasteiger partial charge on any atom is -0.382 e. The van der Waals surface area contributed by atoms with Gasteiger partial charge < -0.3 is 14.8 Å². The fraction of sp³-hybridized carbons (Fsp3) is 0.462. The minimum absolute atomic E-state index is 0.545. The van der Waals surface area contributed by atoms with E-state index in [1.165, 1.54) is 0 Å². The van der Waals surface area contributed by atoms with Crippen LogP contribution >= 0.6 is 0 Å². The second-order valence-corrected chi connectivity index (χ2v) is 3.82. The Morgan fingerprint density at radius 3 is 2.68 bits per heavy atom. The highest BCUT2D eigenvalue weighted by molar-refractivity contribution is 5.93. The molecule has 1 rings (SSSR count). The van der Waals surface area contributed by atoms with Crippen molar-refractivity contribution in [3.8, 4) is 0 Å². The van der Waals surface area contributed by atoms with Gasteiger partial charge in [0.1, 0.15) is 0 Å². The van der Waals surface area contributed by atoms with E-state index in [0.29, 0.717) is 32.3 Å². The van der Waals surface area contributed by atoms with E-state index in [1.54, 1.807) is 7.11 Å². The van der Waals surface area contributed by atoms with Gasteiger partial charge in [0.05, 0.1) is 13.2 Å². The fourth-order valence-electron chi connectivity index (χ4n) is 1.38. The van der Waals surface area contributed by atoms with Crippen LogP contribution in [0.2, 0.25) is 0 Å². The van der Waals surface area contributed by atoms with Gasteiger partial charge in [-0.15, -0.1) is 0 Å². The lowest BCUT2D eigenvalue weighted by molar-refractivity contribution is 0.0702. The molecule has 0 unspecified atom stereocenters. The number of hydrogen-bond donors (Lipinski definition) is 3. The number of methoxy groups -OCH3 is 1. The fourth-order valence-corrected chi connectivity index (χ4v) is 1.38. The van der Waals surface area contributed by atoms with Gasteiger partial charge in [0.25, 0.3) is 0 Å². The lowest BCUT2D eigenvalue weighted by Crippen LogP contribution is -2.36. The molecule has 0 radical (unpaired) electrons. The van der Waals surface area contributed by atoms with E-state index in [-0.39, 0.29) is 0 Å². The van der Waals surface area contributed by atoms with Crippen molar-refractivity contribution in [2.45, 2.75) is 6.42 Å². The zero-order valence-corrected chi connectivity index (χ0v) is 11.3. The molecule has 0 aliphatic carbocycles. The molecular weight excluding hydrogens is 244 g/mol. The summed E-state index contributed by atoms with van der Waals surface area (Å²) in [6.45, 7) is 2.54. The lowest BCUT2D eigenvalue weighted by Gasteiger charge is -2.09. The highest BCUT2D eigenvalue weighted by Gasteiger charge is 1.96. The van der Waals surface area contributed by atoms with E-state index in [9.17, 15) is 0 Å². The maximum absolute atomic E-state index is 5.41. The van der Waals surface area contributed by atoms with Gasteiger partial charge in [-0.05, 0) is 18.6 Å². The summed E-state index contributed by atoms with van der Waals surface area (Å²) in [6, 6.07) is 9.73. The molecule has 1 aromatic carbocycles. The summed E-state index contributed by atoms with van der Waals surface area (Å²) in [6.07, 6.45) is 0.839. The van der Waals surface area contributed by atoms with Crippen molar-refractivity contribution in [3.05, 3.63) is 30.3 Å². The Balaban J connectivity index is 2.21. The van der Waals surface area contributed by atoms with Crippen LogP contribution < -0.4 is 16.6 Å². The highest BCUT2D eigenvalue weighted by Crippen LogP contribution is 2.04. The van der Waals surface area contributed by atoms with Crippen molar-refractivity contribution >= 4 is 11.6 Å². The first-order chi connectivity index (χ1) is 9.36. The summed E-state index contributed by atoms with van der Waals surface area (Å²) in [5, 5.41) is 3.09. The molecular formula is C13H22N4O2. The molecule has 0 aliphatic rings. The SMILES string of the molecule is COCCOCCCN=C(NN)Nc1ccccc1. The molecule has 0 saturated heterocycles. The van der Waals surface area contributed by atoms with Gasteiger partial charge in [-0.3, -0.25) is 10.4 Å². The monoisotopic (exact) mass is 266 g/mol. The molecule has 19 heavy (non-hydrogen) atoms. The third-order valence-electron chi connectivity index (χ3n) is 2.32. The Labute approximate surface area is 114 Å². The Hall–Kier alpha value is -1.63. The van der Waals surface area contributed by atoms with E-state index >= 15 is 0 Å². The second kappa shape index (κ2) is 10.3. The number of benzene rings is 1. The third-order valence-corrected chi connectivity index (χ3v) is 2.32. The van der Waals surface area contributed by atoms with Crippen molar-refractivity contribution in [2.24, 2.45) is 10.8 Å². The number of nitrogens with two attached hydrogens (primary N) is 1. The van der Waals surface area contributed by atoms with Crippen LogP contribution in [0.1, 0.15) is 6.42 Å². The number of rotatable bonds is 8. The average molecular weight is 266 g/mol. The molecule has 0 spiro atoms. The molecule has 0 aromatic heterocycles. The number of anilines is 1.